The maximum Gasteiger partial charge on any atom is 0.280 e. The SMILES string of the molecule is O=C(Nn1c(-c2cccc(Cl)c2)nc2ccccc2c1=O)c1cccnc1Cl. The van der Waals surface area contributed by atoms with Crippen LogP contribution in [-0.2, 0) is 0 Å². The summed E-state index contributed by atoms with van der Waals surface area (Å²) in [5.74, 6) is -0.333. The molecule has 2 aromatic carbocycles. The van der Waals surface area contributed by atoms with E-state index >= 15 is 0 Å². The number of nitrogens with one attached hydrogen (secondary N) is 1. The summed E-state index contributed by atoms with van der Waals surface area (Å²) in [5.41, 5.74) is 3.38. The van der Waals surface area contributed by atoms with E-state index in [0.29, 0.717) is 21.5 Å². The molecule has 0 saturated heterocycles. The minimum Gasteiger partial charge on any atom is -0.267 e. The van der Waals surface area contributed by atoms with E-state index in [1.807, 2.05) is 0 Å². The molecule has 0 spiro atoms. The van der Waals surface area contributed by atoms with Crippen LogP contribution in [0, 0.1) is 0 Å². The third-order valence-corrected chi connectivity index (χ3v) is 4.61. The molecule has 8 heteroatoms. The van der Waals surface area contributed by atoms with E-state index < -0.39 is 11.5 Å². The Hall–Kier alpha value is -3.22. The number of halogens is 2. The molecular weight excluding hydrogens is 399 g/mol. The van der Waals surface area contributed by atoms with Crippen LogP contribution in [-0.4, -0.2) is 20.6 Å². The number of fused-ring (bicyclic) bond motifs is 1. The topological polar surface area (TPSA) is 76.9 Å². The molecule has 138 valence electrons. The number of hydrogen-bond donors (Lipinski definition) is 1. The fourth-order valence-corrected chi connectivity index (χ4v) is 3.17. The molecule has 0 atom stereocenters. The second-order valence-electron chi connectivity index (χ2n) is 5.89. The molecule has 0 radical (unpaired) electrons. The number of carbonyl (C=O) groups is 1. The average molecular weight is 411 g/mol. The number of carbonyl (C=O) groups excluding carboxylic acids is 1. The highest BCUT2D eigenvalue weighted by Crippen LogP contribution is 2.22. The summed E-state index contributed by atoms with van der Waals surface area (Å²) < 4.78 is 1.10. The number of hydrogen-bond acceptors (Lipinski definition) is 4. The van der Waals surface area contributed by atoms with E-state index in [2.05, 4.69) is 15.4 Å². The predicted molar refractivity (Wildman–Crippen MR) is 109 cm³/mol. The summed E-state index contributed by atoms with van der Waals surface area (Å²) in [6.45, 7) is 0. The molecule has 4 aromatic rings. The van der Waals surface area contributed by atoms with Gasteiger partial charge in [-0.3, -0.25) is 15.0 Å². The first kappa shape index (κ1) is 18.2. The maximum absolute atomic E-state index is 13.1. The molecule has 1 N–H and O–H groups in total. The highest BCUT2D eigenvalue weighted by atomic mass is 35.5. The van der Waals surface area contributed by atoms with E-state index in [4.69, 9.17) is 23.2 Å². The molecule has 6 nitrogen and oxygen atoms in total. The van der Waals surface area contributed by atoms with Crippen molar-refractivity contribution in [2.45, 2.75) is 0 Å². The Labute approximate surface area is 169 Å². The lowest BCUT2D eigenvalue weighted by molar-refractivity contribution is 0.101. The summed E-state index contributed by atoms with van der Waals surface area (Å²) in [5, 5.41) is 0.880. The maximum atomic E-state index is 13.1. The normalized spacial score (nSPS) is 10.8. The van der Waals surface area contributed by atoms with Crippen molar-refractivity contribution in [3.63, 3.8) is 0 Å². The molecule has 28 heavy (non-hydrogen) atoms. The summed E-state index contributed by atoms with van der Waals surface area (Å²) in [6, 6.07) is 16.9. The molecule has 1 amide bonds. The van der Waals surface area contributed by atoms with Crippen LogP contribution >= 0.6 is 23.2 Å². The van der Waals surface area contributed by atoms with Crippen LogP contribution in [0.1, 0.15) is 10.4 Å². The number of aromatic nitrogens is 3. The lowest BCUT2D eigenvalue weighted by Crippen LogP contribution is -2.35. The first-order valence-electron chi connectivity index (χ1n) is 8.24. The highest BCUT2D eigenvalue weighted by molar-refractivity contribution is 6.33. The fourth-order valence-electron chi connectivity index (χ4n) is 2.77. The zero-order valence-corrected chi connectivity index (χ0v) is 15.8. The van der Waals surface area contributed by atoms with Gasteiger partial charge in [0.2, 0.25) is 0 Å². The van der Waals surface area contributed by atoms with Gasteiger partial charge < -0.3 is 0 Å². The van der Waals surface area contributed by atoms with Crippen LogP contribution in [0.15, 0.2) is 71.7 Å². The zero-order chi connectivity index (χ0) is 19.7. The molecule has 4 rings (SSSR count). The van der Waals surface area contributed by atoms with Crippen molar-refractivity contribution in [2.75, 3.05) is 5.43 Å². The Morgan fingerprint density at radius 2 is 1.82 bits per heavy atom. The zero-order valence-electron chi connectivity index (χ0n) is 14.3. The van der Waals surface area contributed by atoms with Gasteiger partial charge in [-0.25, -0.2) is 9.97 Å². The number of rotatable bonds is 3. The second-order valence-corrected chi connectivity index (χ2v) is 6.68. The van der Waals surface area contributed by atoms with Crippen molar-refractivity contribution in [2.24, 2.45) is 0 Å². The lowest BCUT2D eigenvalue weighted by Gasteiger charge is -2.15. The lowest BCUT2D eigenvalue weighted by atomic mass is 10.2. The number of benzene rings is 2. The third-order valence-electron chi connectivity index (χ3n) is 4.08. The Bertz CT molecular complexity index is 1270. The molecule has 0 bridgehead atoms. The van der Waals surface area contributed by atoms with Crippen molar-refractivity contribution in [1.82, 2.24) is 14.6 Å². The summed E-state index contributed by atoms with van der Waals surface area (Å²) in [6.07, 6.45) is 1.47. The highest BCUT2D eigenvalue weighted by Gasteiger charge is 2.17. The van der Waals surface area contributed by atoms with Crippen LogP contribution in [0.2, 0.25) is 10.2 Å². The van der Waals surface area contributed by atoms with Crippen molar-refractivity contribution in [3.8, 4) is 11.4 Å². The standard InChI is InChI=1S/C20H12Cl2N4O2/c21-13-6-3-5-12(11-13)18-24-16-9-2-1-7-14(16)20(28)26(18)25-19(27)15-8-4-10-23-17(15)22/h1-11H,(H,25,27). The Morgan fingerprint density at radius 3 is 2.61 bits per heavy atom. The van der Waals surface area contributed by atoms with Crippen molar-refractivity contribution in [3.05, 3.63) is 93.0 Å². The quantitative estimate of drug-likeness (QED) is 0.514. The average Bonchev–Trinajstić information content (AvgIpc) is 2.70. The van der Waals surface area contributed by atoms with Crippen molar-refractivity contribution in [1.29, 1.82) is 0 Å². The second kappa shape index (κ2) is 7.42. The summed E-state index contributed by atoms with van der Waals surface area (Å²) >= 11 is 12.1. The summed E-state index contributed by atoms with van der Waals surface area (Å²) in [7, 11) is 0. The molecule has 0 fully saturated rings. The largest absolute Gasteiger partial charge is 0.280 e. The number of pyridine rings is 1. The number of amides is 1. The number of para-hydroxylation sites is 1. The molecule has 0 unspecified atom stereocenters. The number of nitrogens with zero attached hydrogens (tertiary/aromatic N) is 3. The van der Waals surface area contributed by atoms with Crippen LogP contribution in [0.25, 0.3) is 22.3 Å². The minimum atomic E-state index is -0.583. The molecular formula is C20H12Cl2N4O2. The van der Waals surface area contributed by atoms with E-state index in [-0.39, 0.29) is 16.5 Å². The molecule has 0 saturated carbocycles. The van der Waals surface area contributed by atoms with Gasteiger partial charge in [-0.2, -0.15) is 4.68 Å². The molecule has 2 heterocycles. The van der Waals surface area contributed by atoms with Crippen molar-refractivity contribution < 1.29 is 4.79 Å². The van der Waals surface area contributed by atoms with Gasteiger partial charge >= 0.3 is 0 Å². The smallest absolute Gasteiger partial charge is 0.267 e. The van der Waals surface area contributed by atoms with Gasteiger partial charge in [0, 0.05) is 16.8 Å². The van der Waals surface area contributed by atoms with E-state index in [0.717, 1.165) is 4.68 Å². The van der Waals surface area contributed by atoms with Crippen LogP contribution in [0.4, 0.5) is 0 Å². The van der Waals surface area contributed by atoms with Gasteiger partial charge in [0.05, 0.1) is 16.5 Å². The van der Waals surface area contributed by atoms with E-state index in [9.17, 15) is 9.59 Å². The Balaban J connectivity index is 1.92. The van der Waals surface area contributed by atoms with Gasteiger partial charge in [-0.1, -0.05) is 47.5 Å². The monoisotopic (exact) mass is 410 g/mol. The molecule has 0 aliphatic heterocycles. The van der Waals surface area contributed by atoms with Gasteiger partial charge in [0.1, 0.15) is 5.15 Å². The van der Waals surface area contributed by atoms with Crippen LogP contribution in [0.3, 0.4) is 0 Å². The minimum absolute atomic E-state index is 0.0334. The Morgan fingerprint density at radius 1 is 1.00 bits per heavy atom. The first-order chi connectivity index (χ1) is 13.5. The van der Waals surface area contributed by atoms with Gasteiger partial charge in [-0.05, 0) is 36.4 Å². The van der Waals surface area contributed by atoms with E-state index in [1.54, 1.807) is 54.6 Å². The van der Waals surface area contributed by atoms with Gasteiger partial charge in [0.25, 0.3) is 11.5 Å². The predicted octanol–water partition coefficient (Wildman–Crippen LogP) is 4.15. The van der Waals surface area contributed by atoms with Gasteiger partial charge in [-0.15, -0.1) is 0 Å². The fraction of sp³-hybridized carbons (Fsp3) is 0. The molecule has 0 aliphatic rings. The third kappa shape index (κ3) is 3.35. The first-order valence-corrected chi connectivity index (χ1v) is 9.00. The van der Waals surface area contributed by atoms with E-state index in [1.165, 1.54) is 12.3 Å². The Kier molecular flexibility index (Phi) is 4.81. The molecule has 2 aromatic heterocycles. The van der Waals surface area contributed by atoms with Crippen molar-refractivity contribution >= 4 is 40.0 Å². The van der Waals surface area contributed by atoms with Crippen LogP contribution in [0.5, 0.6) is 0 Å². The van der Waals surface area contributed by atoms with Crippen LogP contribution < -0.4 is 11.0 Å². The molecule has 0 aliphatic carbocycles. The summed E-state index contributed by atoms with van der Waals surface area (Å²) in [4.78, 5) is 34.3. The van der Waals surface area contributed by atoms with Gasteiger partial charge in [0.15, 0.2) is 5.82 Å².